The standard InChI is InChI=1S/C13H14ClN3/c14-11-4-3-10-9(12(11)15)5-6-16-13(10)17-7-1-2-8-17/h3-6H,1-2,7-8,15H2. The first-order valence-electron chi connectivity index (χ1n) is 5.85. The zero-order valence-corrected chi connectivity index (χ0v) is 10.2. The molecule has 1 aromatic heterocycles. The second kappa shape index (κ2) is 4.08. The first-order chi connectivity index (χ1) is 8.27. The predicted molar refractivity (Wildman–Crippen MR) is 72.6 cm³/mol. The molecule has 0 amide bonds. The lowest BCUT2D eigenvalue weighted by Gasteiger charge is -2.18. The fourth-order valence-corrected chi connectivity index (χ4v) is 2.58. The van der Waals surface area contributed by atoms with Crippen LogP contribution in [-0.2, 0) is 0 Å². The van der Waals surface area contributed by atoms with Gasteiger partial charge in [-0.05, 0) is 31.0 Å². The normalized spacial score (nSPS) is 15.7. The van der Waals surface area contributed by atoms with Gasteiger partial charge < -0.3 is 10.6 Å². The van der Waals surface area contributed by atoms with E-state index >= 15 is 0 Å². The molecule has 3 nitrogen and oxygen atoms in total. The lowest BCUT2D eigenvalue weighted by molar-refractivity contribution is 0.946. The number of hydrogen-bond acceptors (Lipinski definition) is 3. The number of hydrogen-bond donors (Lipinski definition) is 1. The van der Waals surface area contributed by atoms with E-state index in [9.17, 15) is 0 Å². The van der Waals surface area contributed by atoms with Crippen LogP contribution in [0.3, 0.4) is 0 Å². The summed E-state index contributed by atoms with van der Waals surface area (Å²) in [6.07, 6.45) is 4.28. The maximum atomic E-state index is 6.04. The summed E-state index contributed by atoms with van der Waals surface area (Å²) in [6, 6.07) is 5.78. The van der Waals surface area contributed by atoms with Gasteiger partial charge >= 0.3 is 0 Å². The quantitative estimate of drug-likeness (QED) is 0.788. The summed E-state index contributed by atoms with van der Waals surface area (Å²) >= 11 is 6.04. The minimum absolute atomic E-state index is 0.607. The van der Waals surface area contributed by atoms with E-state index in [1.54, 1.807) is 0 Å². The molecule has 2 heterocycles. The second-order valence-corrected chi connectivity index (χ2v) is 4.79. The van der Waals surface area contributed by atoms with E-state index in [-0.39, 0.29) is 0 Å². The number of nitrogens with two attached hydrogens (primary N) is 1. The van der Waals surface area contributed by atoms with Gasteiger partial charge in [0.1, 0.15) is 5.82 Å². The highest BCUT2D eigenvalue weighted by molar-refractivity contribution is 6.34. The van der Waals surface area contributed by atoms with Crippen LogP contribution in [0, 0.1) is 0 Å². The molecule has 1 aromatic carbocycles. The molecule has 0 atom stereocenters. The van der Waals surface area contributed by atoms with Crippen molar-refractivity contribution in [3.63, 3.8) is 0 Å². The molecule has 0 bridgehead atoms. The van der Waals surface area contributed by atoms with Gasteiger partial charge in [-0.1, -0.05) is 11.6 Å². The van der Waals surface area contributed by atoms with E-state index in [1.807, 2.05) is 24.4 Å². The molecule has 1 aliphatic rings. The summed E-state index contributed by atoms with van der Waals surface area (Å²) in [6.45, 7) is 2.16. The van der Waals surface area contributed by atoms with E-state index in [2.05, 4.69) is 9.88 Å². The average molecular weight is 248 g/mol. The molecular weight excluding hydrogens is 234 g/mol. The Bertz CT molecular complexity index is 562. The van der Waals surface area contributed by atoms with Crippen molar-refractivity contribution in [2.24, 2.45) is 0 Å². The van der Waals surface area contributed by atoms with Gasteiger partial charge in [-0.25, -0.2) is 4.98 Å². The Balaban J connectivity index is 2.22. The van der Waals surface area contributed by atoms with Gasteiger partial charge in [0, 0.05) is 30.1 Å². The highest BCUT2D eigenvalue weighted by atomic mass is 35.5. The number of nitrogens with zero attached hydrogens (tertiary/aromatic N) is 2. The molecule has 2 N–H and O–H groups in total. The number of nitrogen functional groups attached to an aromatic ring is 1. The first-order valence-corrected chi connectivity index (χ1v) is 6.23. The number of aromatic nitrogens is 1. The number of halogens is 1. The van der Waals surface area contributed by atoms with Crippen LogP contribution in [0.25, 0.3) is 10.8 Å². The summed E-state index contributed by atoms with van der Waals surface area (Å²) in [5, 5.41) is 2.70. The monoisotopic (exact) mass is 247 g/mol. The molecule has 1 aliphatic heterocycles. The summed E-state index contributed by atoms with van der Waals surface area (Å²) < 4.78 is 0. The molecule has 17 heavy (non-hydrogen) atoms. The van der Waals surface area contributed by atoms with Crippen LogP contribution in [0.5, 0.6) is 0 Å². The Morgan fingerprint density at radius 1 is 1.12 bits per heavy atom. The van der Waals surface area contributed by atoms with Crippen LogP contribution in [0.15, 0.2) is 24.4 Å². The number of anilines is 2. The zero-order valence-electron chi connectivity index (χ0n) is 9.49. The van der Waals surface area contributed by atoms with E-state index in [4.69, 9.17) is 17.3 Å². The van der Waals surface area contributed by atoms with E-state index in [0.29, 0.717) is 10.7 Å². The smallest absolute Gasteiger partial charge is 0.136 e. The molecule has 0 spiro atoms. The SMILES string of the molecule is Nc1c(Cl)ccc2c(N3CCCC3)nccc12. The molecule has 4 heteroatoms. The van der Waals surface area contributed by atoms with Crippen LogP contribution in [0.2, 0.25) is 5.02 Å². The number of benzene rings is 1. The van der Waals surface area contributed by atoms with Crippen molar-refractivity contribution in [3.05, 3.63) is 29.4 Å². The van der Waals surface area contributed by atoms with Gasteiger partial charge in [0.15, 0.2) is 0 Å². The van der Waals surface area contributed by atoms with Gasteiger partial charge in [0.05, 0.1) is 10.7 Å². The Morgan fingerprint density at radius 3 is 2.65 bits per heavy atom. The fraction of sp³-hybridized carbons (Fsp3) is 0.308. The predicted octanol–water partition coefficient (Wildman–Crippen LogP) is 3.07. The van der Waals surface area contributed by atoms with Crippen LogP contribution in [0.1, 0.15) is 12.8 Å². The van der Waals surface area contributed by atoms with Gasteiger partial charge in [-0.15, -0.1) is 0 Å². The maximum Gasteiger partial charge on any atom is 0.136 e. The van der Waals surface area contributed by atoms with Crippen molar-refractivity contribution >= 4 is 33.9 Å². The lowest BCUT2D eigenvalue weighted by atomic mass is 10.1. The molecule has 88 valence electrons. The molecular formula is C13H14ClN3. The third-order valence-corrected chi connectivity index (χ3v) is 3.65. The Hall–Kier alpha value is -1.48. The molecule has 0 aliphatic carbocycles. The average Bonchev–Trinajstić information content (AvgIpc) is 2.87. The van der Waals surface area contributed by atoms with E-state index < -0.39 is 0 Å². The second-order valence-electron chi connectivity index (χ2n) is 4.38. The molecule has 0 saturated carbocycles. The van der Waals surface area contributed by atoms with Gasteiger partial charge in [-0.2, -0.15) is 0 Å². The highest BCUT2D eigenvalue weighted by Crippen LogP contribution is 2.33. The van der Waals surface area contributed by atoms with Gasteiger partial charge in [-0.3, -0.25) is 0 Å². The number of pyridine rings is 1. The van der Waals surface area contributed by atoms with Crippen LogP contribution < -0.4 is 10.6 Å². The topological polar surface area (TPSA) is 42.1 Å². The third kappa shape index (κ3) is 1.71. The molecule has 0 unspecified atom stereocenters. The van der Waals surface area contributed by atoms with Crippen molar-refractivity contribution in [1.82, 2.24) is 4.98 Å². The summed E-state index contributed by atoms with van der Waals surface area (Å²) in [4.78, 5) is 6.80. The van der Waals surface area contributed by atoms with Crippen LogP contribution >= 0.6 is 11.6 Å². The largest absolute Gasteiger partial charge is 0.397 e. The molecule has 3 rings (SSSR count). The van der Waals surface area contributed by atoms with E-state index in [0.717, 1.165) is 29.7 Å². The third-order valence-electron chi connectivity index (χ3n) is 3.32. The zero-order chi connectivity index (χ0) is 11.8. The minimum atomic E-state index is 0.607. The maximum absolute atomic E-state index is 6.04. The first kappa shape index (κ1) is 10.7. The Labute approximate surface area is 105 Å². The summed E-state index contributed by atoms with van der Waals surface area (Å²) in [5.74, 6) is 1.03. The van der Waals surface area contributed by atoms with Gasteiger partial charge in [0.25, 0.3) is 0 Å². The Kier molecular flexibility index (Phi) is 2.56. The number of rotatable bonds is 1. The summed E-state index contributed by atoms with van der Waals surface area (Å²) in [5.41, 5.74) is 6.65. The van der Waals surface area contributed by atoms with Crippen molar-refractivity contribution in [3.8, 4) is 0 Å². The molecule has 0 radical (unpaired) electrons. The lowest BCUT2D eigenvalue weighted by Crippen LogP contribution is -2.19. The summed E-state index contributed by atoms with van der Waals surface area (Å²) in [7, 11) is 0. The molecule has 1 fully saturated rings. The fourth-order valence-electron chi connectivity index (χ4n) is 2.42. The van der Waals surface area contributed by atoms with Gasteiger partial charge in [0.2, 0.25) is 0 Å². The minimum Gasteiger partial charge on any atom is -0.397 e. The Morgan fingerprint density at radius 2 is 1.88 bits per heavy atom. The van der Waals surface area contributed by atoms with Crippen molar-refractivity contribution in [2.75, 3.05) is 23.7 Å². The number of fused-ring (bicyclic) bond motifs is 1. The molecule has 1 saturated heterocycles. The highest BCUT2D eigenvalue weighted by Gasteiger charge is 2.16. The van der Waals surface area contributed by atoms with Crippen LogP contribution in [-0.4, -0.2) is 18.1 Å². The van der Waals surface area contributed by atoms with Crippen molar-refractivity contribution in [1.29, 1.82) is 0 Å². The molecule has 2 aromatic rings. The van der Waals surface area contributed by atoms with Crippen LogP contribution in [0.4, 0.5) is 11.5 Å². The van der Waals surface area contributed by atoms with Crippen molar-refractivity contribution in [2.45, 2.75) is 12.8 Å². The van der Waals surface area contributed by atoms with Crippen molar-refractivity contribution < 1.29 is 0 Å². The van der Waals surface area contributed by atoms with E-state index in [1.165, 1.54) is 12.8 Å².